The molecule has 0 bridgehead atoms. The van der Waals surface area contributed by atoms with Gasteiger partial charge < -0.3 is 10.2 Å². The maximum absolute atomic E-state index is 3.32. The summed E-state index contributed by atoms with van der Waals surface area (Å²) in [5.74, 6) is 0. The normalized spacial score (nSPS) is 12.2. The molecule has 0 aromatic heterocycles. The first-order chi connectivity index (χ1) is 9.76. The molecular formula is C18H24N2. The van der Waals surface area contributed by atoms with Crippen LogP contribution in [0, 0.1) is 6.92 Å². The van der Waals surface area contributed by atoms with Gasteiger partial charge in [-0.15, -0.1) is 0 Å². The van der Waals surface area contributed by atoms with Crippen LogP contribution in [0.25, 0.3) is 0 Å². The van der Waals surface area contributed by atoms with E-state index in [4.69, 9.17) is 0 Å². The zero-order chi connectivity index (χ0) is 14.4. The van der Waals surface area contributed by atoms with Crippen molar-refractivity contribution in [2.24, 2.45) is 0 Å². The molecule has 2 heteroatoms. The van der Waals surface area contributed by atoms with Gasteiger partial charge in [-0.25, -0.2) is 0 Å². The first-order valence-electron chi connectivity index (χ1n) is 7.29. The first-order valence-corrected chi connectivity index (χ1v) is 7.29. The summed E-state index contributed by atoms with van der Waals surface area (Å²) in [5.41, 5.74) is 3.94. The maximum Gasteiger partial charge on any atom is 0.0666 e. The van der Waals surface area contributed by atoms with Gasteiger partial charge in [-0.05, 0) is 44.2 Å². The molecule has 0 aliphatic carbocycles. The van der Waals surface area contributed by atoms with Crippen LogP contribution in [0.1, 0.15) is 24.1 Å². The van der Waals surface area contributed by atoms with Crippen molar-refractivity contribution in [3.63, 3.8) is 0 Å². The van der Waals surface area contributed by atoms with Gasteiger partial charge in [-0.2, -0.15) is 0 Å². The average Bonchev–Trinajstić information content (AvgIpc) is 2.48. The van der Waals surface area contributed by atoms with E-state index in [-0.39, 0.29) is 0 Å². The van der Waals surface area contributed by atoms with Gasteiger partial charge in [0.25, 0.3) is 0 Å². The lowest BCUT2D eigenvalue weighted by atomic mass is 10.0. The lowest BCUT2D eigenvalue weighted by Gasteiger charge is -2.33. The van der Waals surface area contributed by atoms with Crippen molar-refractivity contribution in [1.82, 2.24) is 5.32 Å². The molecule has 2 nitrogen and oxygen atoms in total. The third-order valence-electron chi connectivity index (χ3n) is 3.63. The van der Waals surface area contributed by atoms with E-state index in [2.05, 4.69) is 78.7 Å². The zero-order valence-electron chi connectivity index (χ0n) is 12.6. The minimum absolute atomic E-state index is 0.355. The van der Waals surface area contributed by atoms with Crippen molar-refractivity contribution in [2.45, 2.75) is 19.9 Å². The number of nitrogens with one attached hydrogen (secondary N) is 1. The summed E-state index contributed by atoms with van der Waals surface area (Å²) in [6.07, 6.45) is 0. The van der Waals surface area contributed by atoms with Crippen LogP contribution in [-0.2, 0) is 0 Å². The van der Waals surface area contributed by atoms with E-state index in [1.54, 1.807) is 0 Å². The van der Waals surface area contributed by atoms with Crippen molar-refractivity contribution in [1.29, 1.82) is 0 Å². The van der Waals surface area contributed by atoms with Crippen molar-refractivity contribution < 1.29 is 0 Å². The standard InChI is InChI=1S/C18H24N2/c1-4-20(17-12-8-9-15(2)13-17)18(14-19-3)16-10-6-5-7-11-16/h5-13,18-19H,4,14H2,1-3H3. The van der Waals surface area contributed by atoms with E-state index in [0.717, 1.165) is 13.1 Å². The molecule has 20 heavy (non-hydrogen) atoms. The van der Waals surface area contributed by atoms with Crippen molar-refractivity contribution >= 4 is 5.69 Å². The molecule has 0 amide bonds. The summed E-state index contributed by atoms with van der Waals surface area (Å²) in [6, 6.07) is 19.8. The summed E-state index contributed by atoms with van der Waals surface area (Å²) in [4.78, 5) is 2.46. The van der Waals surface area contributed by atoms with E-state index >= 15 is 0 Å². The Bertz CT molecular complexity index is 522. The number of hydrogen-bond acceptors (Lipinski definition) is 2. The molecule has 2 aromatic rings. The molecule has 0 radical (unpaired) electrons. The molecule has 1 atom stereocenters. The molecule has 2 aromatic carbocycles. The van der Waals surface area contributed by atoms with Crippen LogP contribution in [0.4, 0.5) is 5.69 Å². The highest BCUT2D eigenvalue weighted by Crippen LogP contribution is 2.27. The number of likely N-dealkylation sites (N-methyl/N-ethyl adjacent to an activating group) is 2. The fraction of sp³-hybridized carbons (Fsp3) is 0.333. The largest absolute Gasteiger partial charge is 0.363 e. The molecule has 0 spiro atoms. The SMILES string of the molecule is CCN(c1cccc(C)c1)C(CNC)c1ccccc1. The second-order valence-electron chi connectivity index (χ2n) is 5.11. The number of aryl methyl sites for hydroxylation is 1. The predicted octanol–water partition coefficient (Wildman–Crippen LogP) is 3.78. The van der Waals surface area contributed by atoms with Gasteiger partial charge in [-0.1, -0.05) is 42.5 Å². The van der Waals surface area contributed by atoms with E-state index in [0.29, 0.717) is 6.04 Å². The Morgan fingerprint density at radius 3 is 2.40 bits per heavy atom. The fourth-order valence-corrected chi connectivity index (χ4v) is 2.67. The third kappa shape index (κ3) is 3.40. The van der Waals surface area contributed by atoms with E-state index in [1.165, 1.54) is 16.8 Å². The van der Waals surface area contributed by atoms with Gasteiger partial charge in [0.1, 0.15) is 0 Å². The molecule has 2 rings (SSSR count). The monoisotopic (exact) mass is 268 g/mol. The lowest BCUT2D eigenvalue weighted by Crippen LogP contribution is -2.34. The van der Waals surface area contributed by atoms with Crippen LogP contribution in [-0.4, -0.2) is 20.1 Å². The summed E-state index contributed by atoms with van der Waals surface area (Å²) in [7, 11) is 2.01. The Morgan fingerprint density at radius 1 is 1.05 bits per heavy atom. The molecule has 106 valence electrons. The minimum Gasteiger partial charge on any atom is -0.363 e. The van der Waals surface area contributed by atoms with Gasteiger partial charge in [0.05, 0.1) is 6.04 Å². The second kappa shape index (κ2) is 7.11. The minimum atomic E-state index is 0.355. The van der Waals surface area contributed by atoms with Crippen LogP contribution in [0.15, 0.2) is 54.6 Å². The third-order valence-corrected chi connectivity index (χ3v) is 3.63. The second-order valence-corrected chi connectivity index (χ2v) is 5.11. The number of benzene rings is 2. The summed E-state index contributed by atoms with van der Waals surface area (Å²) >= 11 is 0. The Labute approximate surface area is 122 Å². The Hall–Kier alpha value is -1.80. The highest BCUT2D eigenvalue weighted by atomic mass is 15.2. The summed E-state index contributed by atoms with van der Waals surface area (Å²) < 4.78 is 0. The number of anilines is 1. The van der Waals surface area contributed by atoms with Gasteiger partial charge in [0.2, 0.25) is 0 Å². The van der Waals surface area contributed by atoms with E-state index < -0.39 is 0 Å². The van der Waals surface area contributed by atoms with Crippen LogP contribution < -0.4 is 10.2 Å². The van der Waals surface area contributed by atoms with Gasteiger partial charge in [-0.3, -0.25) is 0 Å². The van der Waals surface area contributed by atoms with Crippen molar-refractivity contribution in [2.75, 3.05) is 25.0 Å². The van der Waals surface area contributed by atoms with Gasteiger partial charge in [0.15, 0.2) is 0 Å². The molecule has 0 aliphatic heterocycles. The lowest BCUT2D eigenvalue weighted by molar-refractivity contribution is 0.592. The molecule has 0 saturated heterocycles. The Morgan fingerprint density at radius 2 is 1.80 bits per heavy atom. The quantitative estimate of drug-likeness (QED) is 0.857. The fourth-order valence-electron chi connectivity index (χ4n) is 2.67. The van der Waals surface area contributed by atoms with Gasteiger partial charge in [0, 0.05) is 18.8 Å². The van der Waals surface area contributed by atoms with Crippen LogP contribution in [0.5, 0.6) is 0 Å². The molecule has 0 saturated carbocycles. The molecule has 1 unspecified atom stereocenters. The van der Waals surface area contributed by atoms with Crippen LogP contribution >= 0.6 is 0 Å². The van der Waals surface area contributed by atoms with Crippen molar-refractivity contribution in [3.05, 3.63) is 65.7 Å². The molecule has 0 heterocycles. The highest BCUT2D eigenvalue weighted by molar-refractivity contribution is 5.50. The van der Waals surface area contributed by atoms with E-state index in [9.17, 15) is 0 Å². The molecule has 0 fully saturated rings. The summed E-state index contributed by atoms with van der Waals surface area (Å²) in [5, 5.41) is 3.32. The van der Waals surface area contributed by atoms with Gasteiger partial charge >= 0.3 is 0 Å². The maximum atomic E-state index is 3.32. The molecule has 0 aliphatic rings. The predicted molar refractivity (Wildman–Crippen MR) is 87.3 cm³/mol. The molecular weight excluding hydrogens is 244 g/mol. The highest BCUT2D eigenvalue weighted by Gasteiger charge is 2.18. The first kappa shape index (κ1) is 14.6. The average molecular weight is 268 g/mol. The van der Waals surface area contributed by atoms with Crippen LogP contribution in [0.2, 0.25) is 0 Å². The van der Waals surface area contributed by atoms with Crippen LogP contribution in [0.3, 0.4) is 0 Å². The summed E-state index contributed by atoms with van der Waals surface area (Å²) in [6.45, 7) is 6.29. The number of hydrogen-bond donors (Lipinski definition) is 1. The number of nitrogens with zero attached hydrogens (tertiary/aromatic N) is 1. The topological polar surface area (TPSA) is 15.3 Å². The molecule has 1 N–H and O–H groups in total. The Kier molecular flexibility index (Phi) is 5.19. The zero-order valence-corrected chi connectivity index (χ0v) is 12.6. The van der Waals surface area contributed by atoms with Crippen molar-refractivity contribution in [3.8, 4) is 0 Å². The Balaban J connectivity index is 2.35. The number of rotatable bonds is 6. The van der Waals surface area contributed by atoms with E-state index in [1.807, 2.05) is 7.05 Å². The smallest absolute Gasteiger partial charge is 0.0666 e.